The number of rotatable bonds is 5. The lowest BCUT2D eigenvalue weighted by atomic mass is 10.1. The predicted molar refractivity (Wildman–Crippen MR) is 105 cm³/mol. The summed E-state index contributed by atoms with van der Waals surface area (Å²) >= 11 is 0. The van der Waals surface area contributed by atoms with E-state index in [1.54, 1.807) is 11.0 Å². The molecule has 1 aliphatic heterocycles. The van der Waals surface area contributed by atoms with Crippen molar-refractivity contribution in [3.05, 3.63) is 54.1 Å². The molecule has 142 valence electrons. The third-order valence-electron chi connectivity index (χ3n) is 4.67. The first-order valence-electron chi connectivity index (χ1n) is 9.15. The largest absolute Gasteiger partial charge is 0.323 e. The van der Waals surface area contributed by atoms with Gasteiger partial charge in [0.1, 0.15) is 6.54 Å². The van der Waals surface area contributed by atoms with Crippen molar-refractivity contribution in [1.29, 1.82) is 0 Å². The number of para-hydroxylation sites is 2. The molecule has 2 amide bonds. The van der Waals surface area contributed by atoms with Gasteiger partial charge >= 0.3 is 0 Å². The average Bonchev–Trinajstić information content (AvgIpc) is 3.31. The third kappa shape index (κ3) is 3.62. The second kappa shape index (κ2) is 7.59. The summed E-state index contributed by atoms with van der Waals surface area (Å²) in [5, 5.41) is 15.2. The van der Waals surface area contributed by atoms with Crippen LogP contribution in [0.5, 0.6) is 0 Å². The minimum atomic E-state index is -0.284. The monoisotopic (exact) mass is 376 g/mol. The number of hydrogen-bond acceptors (Lipinski definition) is 5. The standard InChI is InChI=1S/C20H20N6O2/c1-14-7-2-3-8-15(14)20-22-24-26(23-20)13-18(27)21-16-9-4-5-10-17(16)25-12-6-11-19(25)28/h2-5,7-10H,6,11-13H2,1H3,(H,21,27). The van der Waals surface area contributed by atoms with E-state index in [-0.39, 0.29) is 18.4 Å². The van der Waals surface area contributed by atoms with E-state index >= 15 is 0 Å². The van der Waals surface area contributed by atoms with Gasteiger partial charge in [-0.15, -0.1) is 10.2 Å². The van der Waals surface area contributed by atoms with Crippen molar-refractivity contribution in [3.63, 3.8) is 0 Å². The van der Waals surface area contributed by atoms with Gasteiger partial charge in [0.25, 0.3) is 0 Å². The van der Waals surface area contributed by atoms with Gasteiger partial charge in [-0.2, -0.15) is 4.80 Å². The highest BCUT2D eigenvalue weighted by Crippen LogP contribution is 2.29. The molecule has 8 heteroatoms. The molecular weight excluding hydrogens is 356 g/mol. The predicted octanol–water partition coefficient (Wildman–Crippen LogP) is 2.41. The van der Waals surface area contributed by atoms with Gasteiger partial charge in [0.2, 0.25) is 17.6 Å². The molecule has 2 aromatic carbocycles. The summed E-state index contributed by atoms with van der Waals surface area (Å²) < 4.78 is 0. The zero-order chi connectivity index (χ0) is 19.5. The number of aryl methyl sites for hydroxylation is 1. The van der Waals surface area contributed by atoms with Crippen LogP contribution >= 0.6 is 0 Å². The average molecular weight is 376 g/mol. The van der Waals surface area contributed by atoms with Gasteiger partial charge in [-0.05, 0) is 36.3 Å². The Morgan fingerprint density at radius 2 is 1.93 bits per heavy atom. The molecule has 4 rings (SSSR count). The number of nitrogens with zero attached hydrogens (tertiary/aromatic N) is 5. The van der Waals surface area contributed by atoms with Crippen LogP contribution in [-0.4, -0.2) is 38.6 Å². The molecule has 1 aliphatic rings. The Labute approximate surface area is 162 Å². The molecule has 8 nitrogen and oxygen atoms in total. The maximum Gasteiger partial charge on any atom is 0.248 e. The Morgan fingerprint density at radius 1 is 1.14 bits per heavy atom. The van der Waals surface area contributed by atoms with Gasteiger partial charge in [-0.3, -0.25) is 9.59 Å². The van der Waals surface area contributed by atoms with E-state index in [0.717, 1.165) is 17.5 Å². The highest BCUT2D eigenvalue weighted by atomic mass is 16.2. The van der Waals surface area contributed by atoms with Crippen LogP contribution in [0.25, 0.3) is 11.4 Å². The lowest BCUT2D eigenvalue weighted by Crippen LogP contribution is -2.26. The van der Waals surface area contributed by atoms with Crippen LogP contribution in [0.4, 0.5) is 11.4 Å². The number of carbonyl (C=O) groups excluding carboxylic acids is 2. The van der Waals surface area contributed by atoms with E-state index in [2.05, 4.69) is 20.7 Å². The zero-order valence-corrected chi connectivity index (χ0v) is 15.5. The molecule has 1 N–H and O–H groups in total. The molecule has 0 bridgehead atoms. The molecule has 2 heterocycles. The molecule has 0 unspecified atom stereocenters. The van der Waals surface area contributed by atoms with E-state index in [4.69, 9.17) is 0 Å². The zero-order valence-electron chi connectivity index (χ0n) is 15.5. The SMILES string of the molecule is Cc1ccccc1-c1nnn(CC(=O)Nc2ccccc2N2CCCC2=O)n1. The number of tetrazole rings is 1. The summed E-state index contributed by atoms with van der Waals surface area (Å²) in [5.41, 5.74) is 3.23. The molecule has 1 aromatic heterocycles. The van der Waals surface area contributed by atoms with Crippen LogP contribution in [-0.2, 0) is 16.1 Å². The van der Waals surface area contributed by atoms with Gasteiger partial charge in [-0.25, -0.2) is 0 Å². The Kier molecular flexibility index (Phi) is 4.84. The van der Waals surface area contributed by atoms with Gasteiger partial charge < -0.3 is 10.2 Å². The highest BCUT2D eigenvalue weighted by molar-refractivity contribution is 6.01. The van der Waals surface area contributed by atoms with Crippen LogP contribution in [0.2, 0.25) is 0 Å². The van der Waals surface area contributed by atoms with Gasteiger partial charge in [-0.1, -0.05) is 36.4 Å². The van der Waals surface area contributed by atoms with Crippen molar-refractivity contribution < 1.29 is 9.59 Å². The summed E-state index contributed by atoms with van der Waals surface area (Å²) in [6.07, 6.45) is 1.36. The second-order valence-corrected chi connectivity index (χ2v) is 6.67. The molecule has 3 aromatic rings. The number of carbonyl (C=O) groups is 2. The molecular formula is C20H20N6O2. The molecule has 0 saturated carbocycles. The Hall–Kier alpha value is -3.55. The molecule has 28 heavy (non-hydrogen) atoms. The fraction of sp³-hybridized carbons (Fsp3) is 0.250. The van der Waals surface area contributed by atoms with E-state index in [1.165, 1.54) is 4.80 Å². The van der Waals surface area contributed by atoms with Crippen LogP contribution in [0.15, 0.2) is 48.5 Å². The van der Waals surface area contributed by atoms with E-state index < -0.39 is 0 Å². The lowest BCUT2D eigenvalue weighted by molar-refractivity contribution is -0.118. The Bertz CT molecular complexity index is 1030. The summed E-state index contributed by atoms with van der Waals surface area (Å²) in [5.74, 6) is 0.268. The van der Waals surface area contributed by atoms with Gasteiger partial charge in [0.15, 0.2) is 0 Å². The number of anilines is 2. The second-order valence-electron chi connectivity index (χ2n) is 6.67. The van der Waals surface area contributed by atoms with Gasteiger partial charge in [0, 0.05) is 18.5 Å². The minimum Gasteiger partial charge on any atom is -0.323 e. The maximum absolute atomic E-state index is 12.5. The molecule has 1 fully saturated rings. The van der Waals surface area contributed by atoms with Crippen molar-refractivity contribution in [3.8, 4) is 11.4 Å². The van der Waals surface area contributed by atoms with E-state index in [9.17, 15) is 9.59 Å². The first-order valence-corrected chi connectivity index (χ1v) is 9.15. The van der Waals surface area contributed by atoms with E-state index in [1.807, 2.05) is 49.4 Å². The molecule has 0 aliphatic carbocycles. The van der Waals surface area contributed by atoms with Crippen molar-refractivity contribution in [2.24, 2.45) is 0 Å². The maximum atomic E-state index is 12.5. The van der Waals surface area contributed by atoms with Crippen molar-refractivity contribution >= 4 is 23.2 Å². The van der Waals surface area contributed by atoms with Crippen LogP contribution < -0.4 is 10.2 Å². The molecule has 1 saturated heterocycles. The summed E-state index contributed by atoms with van der Waals surface area (Å²) in [7, 11) is 0. The topological polar surface area (TPSA) is 93.0 Å². The molecule has 0 spiro atoms. The highest BCUT2D eigenvalue weighted by Gasteiger charge is 2.24. The van der Waals surface area contributed by atoms with Gasteiger partial charge in [0.05, 0.1) is 11.4 Å². The van der Waals surface area contributed by atoms with Crippen LogP contribution in [0, 0.1) is 6.92 Å². The number of benzene rings is 2. The number of amides is 2. The van der Waals surface area contributed by atoms with E-state index in [0.29, 0.717) is 30.2 Å². The van der Waals surface area contributed by atoms with Crippen molar-refractivity contribution in [1.82, 2.24) is 20.2 Å². The Balaban J connectivity index is 1.48. The number of aromatic nitrogens is 4. The first kappa shape index (κ1) is 17.8. The minimum absolute atomic E-state index is 0.0683. The quantitative estimate of drug-likeness (QED) is 0.738. The summed E-state index contributed by atoms with van der Waals surface area (Å²) in [6, 6.07) is 15.0. The third-order valence-corrected chi connectivity index (χ3v) is 4.67. The Morgan fingerprint density at radius 3 is 2.71 bits per heavy atom. The number of nitrogens with one attached hydrogen (secondary N) is 1. The van der Waals surface area contributed by atoms with Crippen molar-refractivity contribution in [2.45, 2.75) is 26.3 Å². The molecule has 0 atom stereocenters. The normalized spacial score (nSPS) is 13.8. The molecule has 0 radical (unpaired) electrons. The summed E-state index contributed by atoms with van der Waals surface area (Å²) in [4.78, 5) is 27.5. The van der Waals surface area contributed by atoms with Crippen LogP contribution in [0.3, 0.4) is 0 Å². The van der Waals surface area contributed by atoms with Crippen LogP contribution in [0.1, 0.15) is 18.4 Å². The fourth-order valence-electron chi connectivity index (χ4n) is 3.28. The smallest absolute Gasteiger partial charge is 0.248 e. The summed E-state index contributed by atoms with van der Waals surface area (Å²) in [6.45, 7) is 2.57. The lowest BCUT2D eigenvalue weighted by Gasteiger charge is -2.19. The first-order chi connectivity index (χ1) is 13.6. The number of hydrogen-bond donors (Lipinski definition) is 1. The van der Waals surface area contributed by atoms with Crippen molar-refractivity contribution in [2.75, 3.05) is 16.8 Å². The fourth-order valence-corrected chi connectivity index (χ4v) is 3.28.